The maximum Gasteiger partial charge on any atom is 0.237 e. The molecule has 1 amide bonds. The Morgan fingerprint density at radius 1 is 1.05 bits per heavy atom. The molecule has 2 aromatic rings. The van der Waals surface area contributed by atoms with Crippen molar-refractivity contribution in [3.63, 3.8) is 0 Å². The van der Waals surface area contributed by atoms with E-state index in [9.17, 15) is 4.79 Å². The maximum absolute atomic E-state index is 12.0. The third-order valence-electron chi connectivity index (χ3n) is 3.63. The van der Waals surface area contributed by atoms with E-state index in [2.05, 4.69) is 37.4 Å². The molecular weight excluding hydrogens is 272 g/mol. The van der Waals surface area contributed by atoms with Gasteiger partial charge in [0.05, 0.1) is 6.04 Å². The SMILES string of the molecule is Cc1cc(C)cc(CCNC(=O)[C@@H](N)Cc2ccccc2)c1. The first-order chi connectivity index (χ1) is 10.5. The summed E-state index contributed by atoms with van der Waals surface area (Å²) in [5.74, 6) is -0.0896. The highest BCUT2D eigenvalue weighted by atomic mass is 16.2. The highest BCUT2D eigenvalue weighted by Crippen LogP contribution is 2.09. The van der Waals surface area contributed by atoms with E-state index in [1.807, 2.05) is 30.3 Å². The second kappa shape index (κ2) is 7.76. The van der Waals surface area contributed by atoms with Crippen LogP contribution < -0.4 is 11.1 Å². The summed E-state index contributed by atoms with van der Waals surface area (Å²) in [4.78, 5) is 12.0. The lowest BCUT2D eigenvalue weighted by molar-refractivity contribution is -0.122. The number of hydrogen-bond acceptors (Lipinski definition) is 2. The van der Waals surface area contributed by atoms with Gasteiger partial charge in [-0.2, -0.15) is 0 Å². The number of nitrogens with two attached hydrogens (primary N) is 1. The normalized spacial score (nSPS) is 12.0. The van der Waals surface area contributed by atoms with Gasteiger partial charge in [0.25, 0.3) is 0 Å². The molecule has 0 saturated carbocycles. The second-order valence-electron chi connectivity index (χ2n) is 5.83. The lowest BCUT2D eigenvalue weighted by atomic mass is 10.0. The first kappa shape index (κ1) is 16.2. The van der Waals surface area contributed by atoms with E-state index in [1.165, 1.54) is 16.7 Å². The van der Waals surface area contributed by atoms with Crippen LogP contribution >= 0.6 is 0 Å². The molecule has 22 heavy (non-hydrogen) atoms. The standard InChI is InChI=1S/C19H24N2O/c1-14-10-15(2)12-17(11-14)8-9-21-19(22)18(20)13-16-6-4-3-5-7-16/h3-7,10-12,18H,8-9,13,20H2,1-2H3,(H,21,22)/t18-/m0/s1. The molecule has 0 aromatic heterocycles. The van der Waals surface area contributed by atoms with Crippen molar-refractivity contribution in [2.45, 2.75) is 32.7 Å². The molecule has 3 nitrogen and oxygen atoms in total. The van der Waals surface area contributed by atoms with Gasteiger partial charge in [0, 0.05) is 6.54 Å². The van der Waals surface area contributed by atoms with Crippen LogP contribution in [0.25, 0.3) is 0 Å². The lowest BCUT2D eigenvalue weighted by Crippen LogP contribution is -2.42. The molecule has 3 heteroatoms. The van der Waals surface area contributed by atoms with Gasteiger partial charge in [-0.1, -0.05) is 59.7 Å². The smallest absolute Gasteiger partial charge is 0.237 e. The summed E-state index contributed by atoms with van der Waals surface area (Å²) in [5.41, 5.74) is 10.8. The van der Waals surface area contributed by atoms with Crippen molar-refractivity contribution in [3.05, 3.63) is 70.8 Å². The monoisotopic (exact) mass is 296 g/mol. The molecule has 0 aliphatic carbocycles. The van der Waals surface area contributed by atoms with Gasteiger partial charge >= 0.3 is 0 Å². The van der Waals surface area contributed by atoms with Gasteiger partial charge in [-0.05, 0) is 37.8 Å². The highest BCUT2D eigenvalue weighted by molar-refractivity contribution is 5.81. The molecule has 0 aliphatic heterocycles. The summed E-state index contributed by atoms with van der Waals surface area (Å²) in [6.45, 7) is 4.79. The first-order valence-corrected chi connectivity index (χ1v) is 7.69. The van der Waals surface area contributed by atoms with Crippen LogP contribution in [0.15, 0.2) is 48.5 Å². The van der Waals surface area contributed by atoms with Gasteiger partial charge in [-0.25, -0.2) is 0 Å². The van der Waals surface area contributed by atoms with Gasteiger partial charge in [-0.15, -0.1) is 0 Å². The number of carbonyl (C=O) groups excluding carboxylic acids is 1. The van der Waals surface area contributed by atoms with Crippen molar-refractivity contribution < 1.29 is 4.79 Å². The van der Waals surface area contributed by atoms with Crippen LogP contribution in [0.4, 0.5) is 0 Å². The zero-order valence-electron chi connectivity index (χ0n) is 13.3. The summed E-state index contributed by atoms with van der Waals surface area (Å²) in [5, 5.41) is 2.93. The average Bonchev–Trinajstić information content (AvgIpc) is 2.47. The minimum absolute atomic E-state index is 0.0896. The topological polar surface area (TPSA) is 55.1 Å². The van der Waals surface area contributed by atoms with Crippen LogP contribution in [0.5, 0.6) is 0 Å². The number of rotatable bonds is 6. The van der Waals surface area contributed by atoms with E-state index >= 15 is 0 Å². The molecule has 0 spiro atoms. The number of benzene rings is 2. The zero-order chi connectivity index (χ0) is 15.9. The number of aryl methyl sites for hydroxylation is 2. The summed E-state index contributed by atoms with van der Waals surface area (Å²) < 4.78 is 0. The zero-order valence-corrected chi connectivity index (χ0v) is 13.3. The summed E-state index contributed by atoms with van der Waals surface area (Å²) in [7, 11) is 0. The number of hydrogen-bond donors (Lipinski definition) is 2. The predicted octanol–water partition coefficient (Wildman–Crippen LogP) is 2.53. The van der Waals surface area contributed by atoms with Crippen LogP contribution in [0.3, 0.4) is 0 Å². The van der Waals surface area contributed by atoms with Crippen molar-refractivity contribution in [2.75, 3.05) is 6.54 Å². The molecule has 0 fully saturated rings. The number of carbonyl (C=O) groups is 1. The molecule has 0 aliphatic rings. The van der Waals surface area contributed by atoms with E-state index < -0.39 is 6.04 Å². The Morgan fingerprint density at radius 2 is 1.68 bits per heavy atom. The molecule has 2 rings (SSSR count). The van der Waals surface area contributed by atoms with Gasteiger partial charge in [0.2, 0.25) is 5.91 Å². The van der Waals surface area contributed by atoms with Crippen LogP contribution in [0, 0.1) is 13.8 Å². The van der Waals surface area contributed by atoms with Crippen LogP contribution in [0.1, 0.15) is 22.3 Å². The Hall–Kier alpha value is -2.13. The van der Waals surface area contributed by atoms with Crippen LogP contribution in [-0.2, 0) is 17.6 Å². The number of nitrogens with one attached hydrogen (secondary N) is 1. The fourth-order valence-electron chi connectivity index (χ4n) is 2.64. The van der Waals surface area contributed by atoms with E-state index in [1.54, 1.807) is 0 Å². The Labute approximate surface area is 132 Å². The minimum Gasteiger partial charge on any atom is -0.354 e. The van der Waals surface area contributed by atoms with Crippen molar-refractivity contribution >= 4 is 5.91 Å². The molecule has 0 heterocycles. The fourth-order valence-corrected chi connectivity index (χ4v) is 2.64. The minimum atomic E-state index is -0.498. The maximum atomic E-state index is 12.0. The Balaban J connectivity index is 1.79. The van der Waals surface area contributed by atoms with Gasteiger partial charge in [-0.3, -0.25) is 4.79 Å². The highest BCUT2D eigenvalue weighted by Gasteiger charge is 2.13. The fraction of sp³-hybridized carbons (Fsp3) is 0.316. The summed E-state index contributed by atoms with van der Waals surface area (Å²) in [6.07, 6.45) is 1.39. The second-order valence-corrected chi connectivity index (χ2v) is 5.83. The summed E-state index contributed by atoms with van der Waals surface area (Å²) in [6, 6.07) is 15.8. The third kappa shape index (κ3) is 5.01. The molecule has 0 unspecified atom stereocenters. The Morgan fingerprint density at radius 3 is 2.32 bits per heavy atom. The molecule has 3 N–H and O–H groups in total. The molecule has 2 aromatic carbocycles. The average molecular weight is 296 g/mol. The largest absolute Gasteiger partial charge is 0.354 e. The van der Waals surface area contributed by atoms with Gasteiger partial charge < -0.3 is 11.1 Å². The number of amides is 1. The van der Waals surface area contributed by atoms with Crippen molar-refractivity contribution in [1.82, 2.24) is 5.32 Å². The van der Waals surface area contributed by atoms with Gasteiger partial charge in [0.1, 0.15) is 0 Å². The third-order valence-corrected chi connectivity index (χ3v) is 3.63. The Kier molecular flexibility index (Phi) is 5.73. The van der Waals surface area contributed by atoms with Gasteiger partial charge in [0.15, 0.2) is 0 Å². The van der Waals surface area contributed by atoms with E-state index in [4.69, 9.17) is 5.73 Å². The summed E-state index contributed by atoms with van der Waals surface area (Å²) >= 11 is 0. The van der Waals surface area contributed by atoms with Crippen molar-refractivity contribution in [1.29, 1.82) is 0 Å². The molecule has 0 radical (unpaired) electrons. The quantitative estimate of drug-likeness (QED) is 0.860. The Bertz CT molecular complexity index is 602. The molecule has 1 atom stereocenters. The van der Waals surface area contributed by atoms with E-state index in [0.29, 0.717) is 13.0 Å². The molecule has 0 saturated heterocycles. The molecule has 116 valence electrons. The van der Waals surface area contributed by atoms with Crippen molar-refractivity contribution in [3.8, 4) is 0 Å². The van der Waals surface area contributed by atoms with Crippen molar-refractivity contribution in [2.24, 2.45) is 5.73 Å². The van der Waals surface area contributed by atoms with E-state index in [-0.39, 0.29) is 5.91 Å². The van der Waals surface area contributed by atoms with Crippen LogP contribution in [-0.4, -0.2) is 18.5 Å². The van der Waals surface area contributed by atoms with E-state index in [0.717, 1.165) is 12.0 Å². The lowest BCUT2D eigenvalue weighted by Gasteiger charge is -2.12. The van der Waals surface area contributed by atoms with Crippen LogP contribution in [0.2, 0.25) is 0 Å². The first-order valence-electron chi connectivity index (χ1n) is 7.69. The molecular formula is C19H24N2O. The predicted molar refractivity (Wildman–Crippen MR) is 90.8 cm³/mol. The molecule has 0 bridgehead atoms.